The first-order chi connectivity index (χ1) is 12.5. The van der Waals surface area contributed by atoms with E-state index in [1.165, 1.54) is 44.6 Å². The molecular formula is C22H40N2O2. The van der Waals surface area contributed by atoms with Gasteiger partial charge in [0.15, 0.2) is 0 Å². The van der Waals surface area contributed by atoms with Crippen LogP contribution in [-0.2, 0) is 9.59 Å². The van der Waals surface area contributed by atoms with Crippen molar-refractivity contribution in [3.8, 4) is 0 Å². The fourth-order valence-electron chi connectivity index (χ4n) is 3.00. The summed E-state index contributed by atoms with van der Waals surface area (Å²) < 4.78 is 0. The summed E-state index contributed by atoms with van der Waals surface area (Å²) in [6.07, 6.45) is 19.8. The highest BCUT2D eigenvalue weighted by atomic mass is 16.1. The van der Waals surface area contributed by atoms with Gasteiger partial charge in [0.1, 0.15) is 0 Å². The average Bonchev–Trinajstić information content (AvgIpc) is 2.99. The molecule has 2 amide bonds. The second-order valence-corrected chi connectivity index (χ2v) is 7.32. The Labute approximate surface area is 160 Å². The van der Waals surface area contributed by atoms with Crippen molar-refractivity contribution in [2.75, 3.05) is 0 Å². The maximum Gasteiger partial charge on any atom is 0.243 e. The number of carbonyl (C=O) groups excluding carboxylic acids is 2. The molecule has 0 aliphatic heterocycles. The van der Waals surface area contributed by atoms with Gasteiger partial charge in [0.25, 0.3) is 0 Å². The van der Waals surface area contributed by atoms with Gasteiger partial charge in [-0.15, -0.1) is 0 Å². The summed E-state index contributed by atoms with van der Waals surface area (Å²) in [6, 6.07) is 0.419. The monoisotopic (exact) mass is 364 g/mol. The fourth-order valence-corrected chi connectivity index (χ4v) is 3.00. The third kappa shape index (κ3) is 15.9. The number of primary amides is 1. The molecule has 1 aliphatic carbocycles. The number of allylic oxidation sites excluding steroid dienone is 2. The summed E-state index contributed by atoms with van der Waals surface area (Å²) in [6.45, 7) is 6.60. The van der Waals surface area contributed by atoms with E-state index in [2.05, 4.69) is 26.1 Å². The Kier molecular flexibility index (Phi) is 15.8. The molecule has 0 radical (unpaired) electrons. The minimum Gasteiger partial charge on any atom is -0.366 e. The van der Waals surface area contributed by atoms with Crippen LogP contribution in [0.3, 0.4) is 0 Å². The lowest BCUT2D eigenvalue weighted by Crippen LogP contribution is -2.31. The van der Waals surface area contributed by atoms with Crippen molar-refractivity contribution in [3.05, 3.63) is 24.3 Å². The van der Waals surface area contributed by atoms with E-state index in [1.807, 2.05) is 12.2 Å². The van der Waals surface area contributed by atoms with Gasteiger partial charge in [0.2, 0.25) is 11.8 Å². The molecule has 0 heterocycles. The molecule has 1 aliphatic rings. The molecule has 0 bridgehead atoms. The topological polar surface area (TPSA) is 72.2 Å². The quantitative estimate of drug-likeness (QED) is 0.398. The number of amides is 2. The Balaban J connectivity index is 0.000000541. The molecule has 0 unspecified atom stereocenters. The smallest absolute Gasteiger partial charge is 0.243 e. The zero-order valence-electron chi connectivity index (χ0n) is 17.1. The lowest BCUT2D eigenvalue weighted by Gasteiger charge is -2.09. The fraction of sp³-hybridized carbons (Fsp3) is 0.727. The van der Waals surface area contributed by atoms with Crippen LogP contribution in [0.2, 0.25) is 0 Å². The van der Waals surface area contributed by atoms with Crippen LogP contribution < -0.4 is 11.1 Å². The van der Waals surface area contributed by atoms with Gasteiger partial charge in [-0.2, -0.15) is 0 Å². The number of hydrogen-bond acceptors (Lipinski definition) is 2. The summed E-state index contributed by atoms with van der Waals surface area (Å²) in [5.41, 5.74) is 4.88. The molecule has 1 saturated carbocycles. The maximum absolute atomic E-state index is 11.5. The lowest BCUT2D eigenvalue weighted by molar-refractivity contribution is -0.117. The second-order valence-electron chi connectivity index (χ2n) is 7.32. The van der Waals surface area contributed by atoms with E-state index in [4.69, 9.17) is 5.73 Å². The minimum atomic E-state index is -0.350. The van der Waals surface area contributed by atoms with Crippen molar-refractivity contribution in [1.29, 1.82) is 0 Å². The third-order valence-electron chi connectivity index (χ3n) is 4.54. The van der Waals surface area contributed by atoms with Gasteiger partial charge in [0.05, 0.1) is 0 Å². The van der Waals surface area contributed by atoms with Gasteiger partial charge in [-0.25, -0.2) is 0 Å². The van der Waals surface area contributed by atoms with Crippen LogP contribution in [-0.4, -0.2) is 17.9 Å². The Morgan fingerprint density at radius 3 is 2.00 bits per heavy atom. The molecular weight excluding hydrogens is 324 g/mol. The SMILES string of the molecule is CCCCC/C=C/C(=O)N[C@@H]1CC[C@H](C)C1.CCCCC/C=C/C(N)=O. The van der Waals surface area contributed by atoms with Crippen molar-refractivity contribution >= 4 is 11.8 Å². The highest BCUT2D eigenvalue weighted by Gasteiger charge is 2.21. The summed E-state index contributed by atoms with van der Waals surface area (Å²) >= 11 is 0. The predicted octanol–water partition coefficient (Wildman–Crippen LogP) is 5.04. The first-order valence-corrected chi connectivity index (χ1v) is 10.4. The van der Waals surface area contributed by atoms with E-state index >= 15 is 0 Å². The standard InChI is InChI=1S/C14H25NO.C8H15NO/c1-3-4-5-6-7-8-14(16)15-13-10-9-12(2)11-13;1-2-3-4-5-6-7-8(9)10/h7-8,12-13H,3-6,9-11H2,1-2H3,(H,15,16);6-7H,2-5H2,1H3,(H2,9,10)/b8-7+;7-6+/t12-,13+;/m0./s1. The highest BCUT2D eigenvalue weighted by molar-refractivity contribution is 5.87. The van der Waals surface area contributed by atoms with Crippen molar-refractivity contribution in [1.82, 2.24) is 5.32 Å². The van der Waals surface area contributed by atoms with Gasteiger partial charge >= 0.3 is 0 Å². The van der Waals surface area contributed by atoms with Crippen LogP contribution in [0.15, 0.2) is 24.3 Å². The second kappa shape index (κ2) is 16.9. The molecule has 4 nitrogen and oxygen atoms in total. The summed E-state index contributed by atoms with van der Waals surface area (Å²) in [5, 5.41) is 3.07. The largest absolute Gasteiger partial charge is 0.366 e. The van der Waals surface area contributed by atoms with Crippen molar-refractivity contribution in [2.45, 2.75) is 97.4 Å². The first-order valence-electron chi connectivity index (χ1n) is 10.4. The molecule has 0 aromatic rings. The van der Waals surface area contributed by atoms with E-state index in [0.29, 0.717) is 6.04 Å². The van der Waals surface area contributed by atoms with Gasteiger partial charge in [-0.1, -0.05) is 58.6 Å². The third-order valence-corrected chi connectivity index (χ3v) is 4.54. The number of nitrogens with two attached hydrogens (primary N) is 1. The molecule has 1 rings (SSSR count). The molecule has 3 N–H and O–H groups in total. The van der Waals surface area contributed by atoms with Gasteiger partial charge < -0.3 is 11.1 Å². The van der Waals surface area contributed by atoms with Crippen molar-refractivity contribution in [2.24, 2.45) is 11.7 Å². The van der Waals surface area contributed by atoms with Crippen LogP contribution in [0.5, 0.6) is 0 Å². The van der Waals surface area contributed by atoms with Crippen molar-refractivity contribution < 1.29 is 9.59 Å². The zero-order valence-corrected chi connectivity index (χ0v) is 17.1. The summed E-state index contributed by atoms with van der Waals surface area (Å²) in [7, 11) is 0. The number of rotatable bonds is 11. The number of unbranched alkanes of at least 4 members (excludes halogenated alkanes) is 6. The van der Waals surface area contributed by atoms with Crippen molar-refractivity contribution in [3.63, 3.8) is 0 Å². The van der Waals surface area contributed by atoms with E-state index in [9.17, 15) is 9.59 Å². The summed E-state index contributed by atoms with van der Waals surface area (Å²) in [5.74, 6) is 0.519. The number of carbonyl (C=O) groups is 2. The maximum atomic E-state index is 11.5. The number of nitrogens with one attached hydrogen (secondary N) is 1. The Hall–Kier alpha value is -1.58. The van der Waals surface area contributed by atoms with Crippen LogP contribution >= 0.6 is 0 Å². The predicted molar refractivity (Wildman–Crippen MR) is 111 cm³/mol. The van der Waals surface area contributed by atoms with E-state index in [0.717, 1.165) is 38.0 Å². The molecule has 2 atom stereocenters. The van der Waals surface area contributed by atoms with E-state index < -0.39 is 0 Å². The van der Waals surface area contributed by atoms with Gasteiger partial charge in [-0.05, 0) is 63.0 Å². The first kappa shape index (κ1) is 24.4. The van der Waals surface area contributed by atoms with Crippen LogP contribution in [0.1, 0.15) is 91.4 Å². The Morgan fingerprint density at radius 2 is 1.54 bits per heavy atom. The molecule has 150 valence electrons. The highest BCUT2D eigenvalue weighted by Crippen LogP contribution is 2.24. The van der Waals surface area contributed by atoms with E-state index in [1.54, 1.807) is 6.08 Å². The summed E-state index contributed by atoms with van der Waals surface area (Å²) in [4.78, 5) is 21.7. The average molecular weight is 365 g/mol. The normalized spacial score (nSPS) is 19.5. The zero-order chi connectivity index (χ0) is 19.6. The molecule has 0 saturated heterocycles. The number of hydrogen-bond donors (Lipinski definition) is 2. The van der Waals surface area contributed by atoms with Gasteiger partial charge in [0, 0.05) is 6.04 Å². The molecule has 1 fully saturated rings. The lowest BCUT2D eigenvalue weighted by atomic mass is 10.1. The minimum absolute atomic E-state index is 0.0931. The molecule has 26 heavy (non-hydrogen) atoms. The van der Waals surface area contributed by atoms with Gasteiger partial charge in [-0.3, -0.25) is 9.59 Å². The Morgan fingerprint density at radius 1 is 0.962 bits per heavy atom. The molecule has 0 spiro atoms. The van der Waals surface area contributed by atoms with E-state index in [-0.39, 0.29) is 11.8 Å². The Bertz CT molecular complexity index is 430. The molecule has 0 aromatic carbocycles. The van der Waals surface area contributed by atoms with Crippen LogP contribution in [0.4, 0.5) is 0 Å². The van der Waals surface area contributed by atoms with Crippen LogP contribution in [0, 0.1) is 5.92 Å². The molecule has 4 heteroatoms. The van der Waals surface area contributed by atoms with Crippen LogP contribution in [0.25, 0.3) is 0 Å². The molecule has 0 aromatic heterocycles.